The zero-order chi connectivity index (χ0) is 12.0. The van der Waals surface area contributed by atoms with E-state index in [1.54, 1.807) is 12.3 Å². The molecule has 16 heavy (non-hydrogen) atoms. The molecule has 0 atom stereocenters. The Labute approximate surface area is 99.4 Å². The number of nitrogens with one attached hydrogen (secondary N) is 2. The van der Waals surface area contributed by atoms with E-state index in [9.17, 15) is 4.79 Å². The molecule has 0 fully saturated rings. The molecule has 1 amide bonds. The second kappa shape index (κ2) is 6.02. The van der Waals surface area contributed by atoms with Crippen LogP contribution in [0, 0.1) is 0 Å². The van der Waals surface area contributed by atoms with Crippen LogP contribution in [0.3, 0.4) is 0 Å². The predicted molar refractivity (Wildman–Crippen MR) is 67.3 cm³/mol. The monoisotopic (exact) mass is 238 g/mol. The summed E-state index contributed by atoms with van der Waals surface area (Å²) in [6.45, 7) is 2.62. The number of nitrogens with two attached hydrogens (primary N) is 1. The quantitative estimate of drug-likeness (QED) is 0.506. The second-order valence-electron chi connectivity index (χ2n) is 3.17. The van der Waals surface area contributed by atoms with Crippen LogP contribution in [0.5, 0.6) is 0 Å². The van der Waals surface area contributed by atoms with Crippen LogP contribution < -0.4 is 16.4 Å². The van der Waals surface area contributed by atoms with Gasteiger partial charge in [0.15, 0.2) is 0 Å². The Morgan fingerprint density at radius 1 is 1.56 bits per heavy atom. The number of amides is 1. The van der Waals surface area contributed by atoms with E-state index in [1.807, 2.05) is 6.07 Å². The maximum Gasteiger partial charge on any atom is 0.216 e. The summed E-state index contributed by atoms with van der Waals surface area (Å²) in [4.78, 5) is 15.0. The van der Waals surface area contributed by atoms with E-state index in [2.05, 4.69) is 15.6 Å². The molecule has 1 aromatic heterocycles. The van der Waals surface area contributed by atoms with Gasteiger partial charge in [-0.25, -0.2) is 0 Å². The Hall–Kier alpha value is -1.69. The number of pyridine rings is 1. The van der Waals surface area contributed by atoms with Crippen LogP contribution in [-0.2, 0) is 4.79 Å². The maximum atomic E-state index is 10.6. The molecule has 0 saturated heterocycles. The van der Waals surface area contributed by atoms with Crippen LogP contribution in [0.2, 0.25) is 0 Å². The topological polar surface area (TPSA) is 80.0 Å². The highest BCUT2D eigenvalue weighted by molar-refractivity contribution is 7.80. The highest BCUT2D eigenvalue weighted by atomic mass is 32.1. The van der Waals surface area contributed by atoms with Gasteiger partial charge in [0.1, 0.15) is 10.7 Å². The van der Waals surface area contributed by atoms with Crippen LogP contribution in [0.25, 0.3) is 0 Å². The van der Waals surface area contributed by atoms with Gasteiger partial charge in [0, 0.05) is 26.2 Å². The van der Waals surface area contributed by atoms with Gasteiger partial charge in [0.25, 0.3) is 0 Å². The van der Waals surface area contributed by atoms with E-state index in [-0.39, 0.29) is 10.9 Å². The van der Waals surface area contributed by atoms with Crippen molar-refractivity contribution in [3.05, 3.63) is 24.0 Å². The number of aromatic nitrogens is 1. The number of anilines is 1. The first kappa shape index (κ1) is 12.4. The molecule has 5 nitrogen and oxygen atoms in total. The van der Waals surface area contributed by atoms with Crippen molar-refractivity contribution in [2.24, 2.45) is 5.73 Å². The first-order valence-corrected chi connectivity index (χ1v) is 5.25. The third-order valence-electron chi connectivity index (χ3n) is 1.86. The van der Waals surface area contributed by atoms with Gasteiger partial charge < -0.3 is 16.4 Å². The highest BCUT2D eigenvalue weighted by Gasteiger charge is 2.04. The van der Waals surface area contributed by atoms with E-state index in [4.69, 9.17) is 18.0 Å². The molecular weight excluding hydrogens is 224 g/mol. The molecule has 0 aliphatic carbocycles. The molecule has 0 saturated carbocycles. The normalized spacial score (nSPS) is 9.56. The average molecular weight is 238 g/mol. The smallest absolute Gasteiger partial charge is 0.216 e. The molecule has 0 aliphatic heterocycles. The first-order chi connectivity index (χ1) is 7.61. The number of nitrogens with zero attached hydrogens (tertiary/aromatic N) is 1. The Morgan fingerprint density at radius 3 is 2.94 bits per heavy atom. The predicted octanol–water partition coefficient (Wildman–Crippen LogP) is 0.264. The minimum atomic E-state index is -0.0532. The van der Waals surface area contributed by atoms with Crippen molar-refractivity contribution in [3.8, 4) is 0 Å². The first-order valence-electron chi connectivity index (χ1n) is 4.84. The summed E-state index contributed by atoms with van der Waals surface area (Å²) in [5.41, 5.74) is 6.87. The molecule has 0 aromatic carbocycles. The van der Waals surface area contributed by atoms with Crippen molar-refractivity contribution in [1.82, 2.24) is 10.3 Å². The van der Waals surface area contributed by atoms with Gasteiger partial charge in [-0.05, 0) is 12.1 Å². The summed E-state index contributed by atoms with van der Waals surface area (Å²) in [7, 11) is 0. The number of hydrogen-bond acceptors (Lipinski definition) is 4. The number of thiocarbonyl (C=S) groups is 1. The van der Waals surface area contributed by atoms with Crippen LogP contribution in [0.15, 0.2) is 18.3 Å². The van der Waals surface area contributed by atoms with E-state index in [1.165, 1.54) is 6.92 Å². The lowest BCUT2D eigenvalue weighted by molar-refractivity contribution is -0.118. The fraction of sp³-hybridized carbons (Fsp3) is 0.300. The van der Waals surface area contributed by atoms with Crippen LogP contribution in [0.4, 0.5) is 5.69 Å². The Kier molecular flexibility index (Phi) is 4.65. The molecule has 0 radical (unpaired) electrons. The lowest BCUT2D eigenvalue weighted by atomic mass is 10.3. The fourth-order valence-corrected chi connectivity index (χ4v) is 1.34. The Morgan fingerprint density at radius 2 is 2.31 bits per heavy atom. The third-order valence-corrected chi connectivity index (χ3v) is 2.05. The van der Waals surface area contributed by atoms with Crippen molar-refractivity contribution in [1.29, 1.82) is 0 Å². The molecule has 0 spiro atoms. The number of hydrogen-bond donors (Lipinski definition) is 3. The lowest BCUT2D eigenvalue weighted by Crippen LogP contribution is -2.27. The van der Waals surface area contributed by atoms with Crippen molar-refractivity contribution >= 4 is 28.8 Å². The SMILES string of the molecule is CC(=O)NCCNc1cccnc1C(N)=S. The highest BCUT2D eigenvalue weighted by Crippen LogP contribution is 2.10. The fourth-order valence-electron chi connectivity index (χ4n) is 1.18. The van der Waals surface area contributed by atoms with Crippen LogP contribution in [-0.4, -0.2) is 29.0 Å². The van der Waals surface area contributed by atoms with Gasteiger partial charge in [-0.15, -0.1) is 0 Å². The van der Waals surface area contributed by atoms with E-state index < -0.39 is 0 Å². The lowest BCUT2D eigenvalue weighted by Gasteiger charge is -2.09. The molecular formula is C10H14N4OS. The minimum absolute atomic E-state index is 0.0532. The third kappa shape index (κ3) is 3.82. The standard InChI is InChI=1S/C10H14N4OS/c1-7(15)12-5-6-13-8-3-2-4-14-9(8)10(11)16/h2-4,13H,5-6H2,1H3,(H2,11,16)(H,12,15). The summed E-state index contributed by atoms with van der Waals surface area (Å²) in [6, 6.07) is 3.64. The molecule has 0 unspecified atom stereocenters. The van der Waals surface area contributed by atoms with Crippen molar-refractivity contribution < 1.29 is 4.79 Å². The van der Waals surface area contributed by atoms with E-state index >= 15 is 0 Å². The minimum Gasteiger partial charge on any atom is -0.388 e. The van der Waals surface area contributed by atoms with Gasteiger partial charge in [-0.3, -0.25) is 9.78 Å². The Bertz CT molecular complexity index is 394. The summed E-state index contributed by atoms with van der Waals surface area (Å²) in [6.07, 6.45) is 1.63. The van der Waals surface area contributed by atoms with Crippen LogP contribution in [0.1, 0.15) is 12.6 Å². The molecule has 86 valence electrons. The van der Waals surface area contributed by atoms with Gasteiger partial charge in [-0.1, -0.05) is 12.2 Å². The van der Waals surface area contributed by atoms with Gasteiger partial charge in [0.05, 0.1) is 5.69 Å². The molecule has 1 rings (SSSR count). The van der Waals surface area contributed by atoms with Gasteiger partial charge in [0.2, 0.25) is 5.91 Å². The van der Waals surface area contributed by atoms with E-state index in [0.717, 1.165) is 5.69 Å². The zero-order valence-electron chi connectivity index (χ0n) is 8.99. The zero-order valence-corrected chi connectivity index (χ0v) is 9.80. The number of carbonyl (C=O) groups is 1. The summed E-state index contributed by atoms with van der Waals surface area (Å²) < 4.78 is 0. The molecule has 1 aromatic rings. The molecule has 4 N–H and O–H groups in total. The van der Waals surface area contributed by atoms with Gasteiger partial charge in [-0.2, -0.15) is 0 Å². The largest absolute Gasteiger partial charge is 0.388 e. The van der Waals surface area contributed by atoms with Crippen LogP contribution >= 0.6 is 12.2 Å². The summed E-state index contributed by atoms with van der Waals surface area (Å²) in [5.74, 6) is -0.0532. The second-order valence-corrected chi connectivity index (χ2v) is 3.61. The van der Waals surface area contributed by atoms with Crippen molar-refractivity contribution in [2.75, 3.05) is 18.4 Å². The van der Waals surface area contributed by atoms with Crippen molar-refractivity contribution in [2.45, 2.75) is 6.92 Å². The molecule has 6 heteroatoms. The summed E-state index contributed by atoms with van der Waals surface area (Å²) in [5, 5.41) is 5.78. The van der Waals surface area contributed by atoms with Crippen molar-refractivity contribution in [3.63, 3.8) is 0 Å². The summed E-state index contributed by atoms with van der Waals surface area (Å²) >= 11 is 4.88. The Balaban J connectivity index is 2.53. The molecule has 0 bridgehead atoms. The molecule has 1 heterocycles. The molecule has 0 aliphatic rings. The van der Waals surface area contributed by atoms with Gasteiger partial charge >= 0.3 is 0 Å². The van der Waals surface area contributed by atoms with E-state index in [0.29, 0.717) is 18.8 Å². The number of rotatable bonds is 5. The average Bonchev–Trinajstić information content (AvgIpc) is 2.24. The maximum absolute atomic E-state index is 10.6. The number of carbonyl (C=O) groups excluding carboxylic acids is 1.